The second-order valence-corrected chi connectivity index (χ2v) is 3.68. The van der Waals surface area contributed by atoms with Gasteiger partial charge < -0.3 is 10.1 Å². The highest BCUT2D eigenvalue weighted by atomic mass is 35.5. The third-order valence-electron chi connectivity index (χ3n) is 2.83. The van der Waals surface area contributed by atoms with Crippen molar-refractivity contribution in [3.63, 3.8) is 0 Å². The summed E-state index contributed by atoms with van der Waals surface area (Å²) in [5.41, 5.74) is 1.10. The molecule has 1 saturated heterocycles. The van der Waals surface area contributed by atoms with Crippen molar-refractivity contribution in [2.75, 3.05) is 20.2 Å². The monoisotopic (exact) mass is 278 g/mol. The predicted molar refractivity (Wildman–Crippen MR) is 69.8 cm³/mol. The van der Waals surface area contributed by atoms with Crippen LogP contribution in [0.5, 0.6) is 0 Å². The Kier molecular flexibility index (Phi) is 7.11. The average molecular weight is 279 g/mol. The van der Waals surface area contributed by atoms with Crippen LogP contribution in [0.15, 0.2) is 24.5 Å². The molecule has 0 bridgehead atoms. The number of nitrogens with one attached hydrogen (secondary N) is 1. The van der Waals surface area contributed by atoms with Crippen LogP contribution in [0.1, 0.15) is 11.5 Å². The molecule has 4 nitrogen and oxygen atoms in total. The van der Waals surface area contributed by atoms with E-state index in [-0.39, 0.29) is 42.6 Å². The molecular weight excluding hydrogens is 263 g/mol. The molecule has 2 heterocycles. The highest BCUT2D eigenvalue weighted by Crippen LogP contribution is 2.28. The van der Waals surface area contributed by atoms with Crippen molar-refractivity contribution in [1.29, 1.82) is 0 Å². The largest absolute Gasteiger partial charge is 0.469 e. The second kappa shape index (κ2) is 7.48. The van der Waals surface area contributed by atoms with Crippen LogP contribution >= 0.6 is 24.8 Å². The summed E-state index contributed by atoms with van der Waals surface area (Å²) in [5, 5.41) is 3.21. The number of carbonyl (C=O) groups excluding carboxylic acids is 1. The fourth-order valence-electron chi connectivity index (χ4n) is 2.02. The summed E-state index contributed by atoms with van der Waals surface area (Å²) in [7, 11) is 1.43. The normalized spacial score (nSPS) is 22.2. The Labute approximate surface area is 113 Å². The number of methoxy groups -OCH3 is 1. The first-order chi connectivity index (χ1) is 7.33. The van der Waals surface area contributed by atoms with E-state index in [4.69, 9.17) is 4.74 Å². The van der Waals surface area contributed by atoms with E-state index < -0.39 is 0 Å². The van der Waals surface area contributed by atoms with Gasteiger partial charge in [0.2, 0.25) is 0 Å². The van der Waals surface area contributed by atoms with E-state index >= 15 is 0 Å². The second-order valence-electron chi connectivity index (χ2n) is 3.68. The molecule has 96 valence electrons. The van der Waals surface area contributed by atoms with Crippen LogP contribution in [-0.4, -0.2) is 31.2 Å². The number of hydrogen-bond acceptors (Lipinski definition) is 4. The summed E-state index contributed by atoms with van der Waals surface area (Å²) in [6.07, 6.45) is 3.55. The molecule has 0 saturated carbocycles. The van der Waals surface area contributed by atoms with Gasteiger partial charge in [-0.15, -0.1) is 24.8 Å². The maximum Gasteiger partial charge on any atom is 0.310 e. The minimum Gasteiger partial charge on any atom is -0.469 e. The molecule has 2 rings (SSSR count). The van der Waals surface area contributed by atoms with Gasteiger partial charge >= 0.3 is 5.97 Å². The van der Waals surface area contributed by atoms with Crippen molar-refractivity contribution in [2.24, 2.45) is 5.92 Å². The number of pyridine rings is 1. The molecule has 0 amide bonds. The summed E-state index contributed by atoms with van der Waals surface area (Å²) >= 11 is 0. The van der Waals surface area contributed by atoms with Crippen LogP contribution in [0.4, 0.5) is 0 Å². The van der Waals surface area contributed by atoms with Gasteiger partial charge in [0.25, 0.3) is 0 Å². The molecule has 1 aliphatic heterocycles. The Hall–Kier alpha value is -0.840. The van der Waals surface area contributed by atoms with Crippen LogP contribution in [-0.2, 0) is 9.53 Å². The van der Waals surface area contributed by atoms with E-state index in [1.54, 1.807) is 6.20 Å². The topological polar surface area (TPSA) is 51.2 Å². The minimum absolute atomic E-state index is 0. The van der Waals surface area contributed by atoms with Crippen molar-refractivity contribution in [2.45, 2.75) is 5.92 Å². The van der Waals surface area contributed by atoms with Crippen LogP contribution < -0.4 is 5.32 Å². The van der Waals surface area contributed by atoms with Gasteiger partial charge in [-0.3, -0.25) is 9.78 Å². The lowest BCUT2D eigenvalue weighted by atomic mass is 9.90. The fraction of sp³-hybridized carbons (Fsp3) is 0.455. The highest BCUT2D eigenvalue weighted by Gasteiger charge is 2.34. The van der Waals surface area contributed by atoms with E-state index in [2.05, 4.69) is 10.3 Å². The number of carbonyl (C=O) groups is 1. The molecule has 0 spiro atoms. The molecule has 1 aromatic heterocycles. The van der Waals surface area contributed by atoms with Crippen molar-refractivity contribution in [3.8, 4) is 0 Å². The van der Waals surface area contributed by atoms with E-state index in [1.807, 2.05) is 18.3 Å². The maximum absolute atomic E-state index is 11.5. The first-order valence-electron chi connectivity index (χ1n) is 5.01. The molecule has 2 atom stereocenters. The number of halogens is 2. The lowest BCUT2D eigenvalue weighted by molar-refractivity contribution is -0.145. The summed E-state index contributed by atoms with van der Waals surface area (Å²) in [6, 6.07) is 3.89. The smallest absolute Gasteiger partial charge is 0.310 e. The quantitative estimate of drug-likeness (QED) is 0.831. The Morgan fingerprint density at radius 1 is 1.47 bits per heavy atom. The van der Waals surface area contributed by atoms with Crippen LogP contribution in [0.25, 0.3) is 0 Å². The maximum atomic E-state index is 11.5. The van der Waals surface area contributed by atoms with E-state index in [1.165, 1.54) is 7.11 Å². The lowest BCUT2D eigenvalue weighted by Crippen LogP contribution is -2.22. The first kappa shape index (κ1) is 16.2. The molecule has 0 unspecified atom stereocenters. The van der Waals surface area contributed by atoms with Crippen LogP contribution in [0, 0.1) is 5.92 Å². The third kappa shape index (κ3) is 3.56. The Morgan fingerprint density at radius 2 is 2.24 bits per heavy atom. The molecule has 1 N–H and O–H groups in total. The molecule has 1 fully saturated rings. The molecule has 1 aliphatic rings. The number of rotatable bonds is 2. The van der Waals surface area contributed by atoms with Crippen molar-refractivity contribution >= 4 is 30.8 Å². The summed E-state index contributed by atoms with van der Waals surface area (Å²) < 4.78 is 4.79. The van der Waals surface area contributed by atoms with Gasteiger partial charge in [0.1, 0.15) is 0 Å². The summed E-state index contributed by atoms with van der Waals surface area (Å²) in [5.74, 6) is -0.0424. The van der Waals surface area contributed by atoms with Gasteiger partial charge in [-0.25, -0.2) is 0 Å². The predicted octanol–water partition coefficient (Wildman–Crippen LogP) is 1.40. The number of ether oxygens (including phenoxy) is 1. The number of hydrogen-bond donors (Lipinski definition) is 1. The minimum atomic E-state index is -0.145. The molecule has 1 aromatic rings. The first-order valence-corrected chi connectivity index (χ1v) is 5.01. The molecular formula is C11H16Cl2N2O2. The van der Waals surface area contributed by atoms with Crippen molar-refractivity contribution in [1.82, 2.24) is 10.3 Å². The lowest BCUT2D eigenvalue weighted by Gasteiger charge is -2.15. The van der Waals surface area contributed by atoms with E-state index in [9.17, 15) is 4.79 Å². The number of nitrogens with zero attached hydrogens (tertiary/aromatic N) is 1. The Balaban J connectivity index is 0.00000128. The number of esters is 1. The molecule has 6 heteroatoms. The zero-order valence-corrected chi connectivity index (χ0v) is 11.1. The molecule has 0 aromatic carbocycles. The van der Waals surface area contributed by atoms with Crippen molar-refractivity contribution in [3.05, 3.63) is 30.1 Å². The van der Waals surface area contributed by atoms with Crippen LogP contribution in [0.2, 0.25) is 0 Å². The van der Waals surface area contributed by atoms with Gasteiger partial charge in [0.05, 0.1) is 13.0 Å². The van der Waals surface area contributed by atoms with Crippen molar-refractivity contribution < 1.29 is 9.53 Å². The zero-order valence-electron chi connectivity index (χ0n) is 9.46. The average Bonchev–Trinajstić information content (AvgIpc) is 2.78. The zero-order chi connectivity index (χ0) is 10.7. The Bertz CT molecular complexity index is 349. The standard InChI is InChI=1S/C11H14N2O2.2ClH/c1-15-11(14)10-7-13-6-9(10)8-3-2-4-12-5-8;;/h2-5,9-10,13H,6-7H2,1H3;2*1H/t9-,10+;;/m1../s1. The number of aromatic nitrogens is 1. The van der Waals surface area contributed by atoms with Gasteiger partial charge in [-0.1, -0.05) is 6.07 Å². The molecule has 0 aliphatic carbocycles. The Morgan fingerprint density at radius 3 is 2.82 bits per heavy atom. The van der Waals surface area contributed by atoms with Gasteiger partial charge in [-0.05, 0) is 11.6 Å². The third-order valence-corrected chi connectivity index (χ3v) is 2.83. The molecule has 17 heavy (non-hydrogen) atoms. The fourth-order valence-corrected chi connectivity index (χ4v) is 2.02. The van der Waals surface area contributed by atoms with E-state index in [0.717, 1.165) is 12.1 Å². The van der Waals surface area contributed by atoms with Gasteiger partial charge in [-0.2, -0.15) is 0 Å². The van der Waals surface area contributed by atoms with Crippen LogP contribution in [0.3, 0.4) is 0 Å². The SMILES string of the molecule is COC(=O)[C@H]1CNC[C@@H]1c1cccnc1.Cl.Cl. The van der Waals surface area contributed by atoms with Gasteiger partial charge in [0, 0.05) is 31.4 Å². The summed E-state index contributed by atoms with van der Waals surface area (Å²) in [6.45, 7) is 1.50. The van der Waals surface area contributed by atoms with Gasteiger partial charge in [0.15, 0.2) is 0 Å². The summed E-state index contributed by atoms with van der Waals surface area (Å²) in [4.78, 5) is 15.6. The molecule has 0 radical (unpaired) electrons. The highest BCUT2D eigenvalue weighted by molar-refractivity contribution is 5.85. The van der Waals surface area contributed by atoms with E-state index in [0.29, 0.717) is 6.54 Å².